The first-order valence-electron chi connectivity index (χ1n) is 4.16. The number of hydrogen-bond acceptors (Lipinski definition) is 4. The number of aliphatic hydroxyl groups is 1. The van der Waals surface area contributed by atoms with Gasteiger partial charge in [0, 0.05) is 6.61 Å². The molecule has 1 saturated heterocycles. The van der Waals surface area contributed by atoms with Gasteiger partial charge in [-0.15, -0.1) is 0 Å². The fraction of sp³-hybridized carbons (Fsp3) is 0.875. The van der Waals surface area contributed by atoms with Crippen LogP contribution in [0.2, 0.25) is 0 Å². The molecule has 1 fully saturated rings. The zero-order chi connectivity index (χ0) is 9.03. The van der Waals surface area contributed by atoms with Crippen molar-refractivity contribution in [2.24, 2.45) is 0 Å². The maximum atomic E-state index is 11.2. The topological polar surface area (TPSA) is 55.8 Å². The van der Waals surface area contributed by atoms with E-state index >= 15 is 0 Å². The molecule has 1 atom stereocenters. The van der Waals surface area contributed by atoms with E-state index in [1.165, 1.54) is 0 Å². The Morgan fingerprint density at radius 3 is 3.00 bits per heavy atom. The van der Waals surface area contributed by atoms with Gasteiger partial charge >= 0.3 is 5.97 Å². The molecule has 0 saturated carbocycles. The molecule has 1 aliphatic rings. The second kappa shape index (κ2) is 3.87. The van der Waals surface area contributed by atoms with Gasteiger partial charge in [0.2, 0.25) is 0 Å². The molecule has 1 aliphatic heterocycles. The van der Waals surface area contributed by atoms with E-state index in [9.17, 15) is 9.90 Å². The van der Waals surface area contributed by atoms with E-state index in [1.807, 2.05) is 0 Å². The Balaban J connectivity index is 2.50. The lowest BCUT2D eigenvalue weighted by Gasteiger charge is -2.29. The summed E-state index contributed by atoms with van der Waals surface area (Å²) in [5, 5.41) is 9.67. The highest BCUT2D eigenvalue weighted by Gasteiger charge is 2.39. The van der Waals surface area contributed by atoms with Gasteiger partial charge in [-0.1, -0.05) is 0 Å². The molecular formula is C8H14O4. The molecule has 1 N–H and O–H groups in total. The van der Waals surface area contributed by atoms with Gasteiger partial charge in [-0.2, -0.15) is 0 Å². The molecule has 0 spiro atoms. The second-order valence-corrected chi connectivity index (χ2v) is 2.91. The molecule has 0 amide bonds. The van der Waals surface area contributed by atoms with Gasteiger partial charge in [0.25, 0.3) is 0 Å². The maximum Gasteiger partial charge on any atom is 0.340 e. The first kappa shape index (κ1) is 9.48. The highest BCUT2D eigenvalue weighted by Crippen LogP contribution is 2.20. The van der Waals surface area contributed by atoms with Gasteiger partial charge in [0.15, 0.2) is 5.60 Å². The molecule has 1 rings (SSSR count). The molecule has 0 aliphatic carbocycles. The summed E-state index contributed by atoms with van der Waals surface area (Å²) in [6.07, 6.45) is 1.14. The minimum atomic E-state index is -1.39. The van der Waals surface area contributed by atoms with Gasteiger partial charge in [-0.25, -0.2) is 4.79 Å². The number of carbonyl (C=O) groups is 1. The van der Waals surface area contributed by atoms with Crippen LogP contribution in [0.15, 0.2) is 0 Å². The lowest BCUT2D eigenvalue weighted by Crippen LogP contribution is -2.47. The van der Waals surface area contributed by atoms with Crippen molar-refractivity contribution in [3.63, 3.8) is 0 Å². The average Bonchev–Trinajstić information content (AvgIpc) is 2.06. The van der Waals surface area contributed by atoms with Crippen molar-refractivity contribution in [2.75, 3.05) is 19.8 Å². The van der Waals surface area contributed by atoms with E-state index in [4.69, 9.17) is 9.47 Å². The summed E-state index contributed by atoms with van der Waals surface area (Å²) in [7, 11) is 0. The molecule has 70 valence electrons. The monoisotopic (exact) mass is 174 g/mol. The smallest absolute Gasteiger partial charge is 0.340 e. The van der Waals surface area contributed by atoms with Crippen molar-refractivity contribution >= 4 is 5.97 Å². The van der Waals surface area contributed by atoms with E-state index in [2.05, 4.69) is 0 Å². The van der Waals surface area contributed by atoms with Crippen LogP contribution in [0.4, 0.5) is 0 Å². The lowest BCUT2D eigenvalue weighted by atomic mass is 9.97. The van der Waals surface area contributed by atoms with Gasteiger partial charge in [0.1, 0.15) is 0 Å². The standard InChI is InChI=1S/C8H14O4/c1-2-12-7(9)8(10)4-3-5-11-6-8/h10H,2-6H2,1H3/t8-/m0/s1. The molecule has 4 nitrogen and oxygen atoms in total. The Morgan fingerprint density at radius 2 is 2.50 bits per heavy atom. The summed E-state index contributed by atoms with van der Waals surface area (Å²) in [5.41, 5.74) is -1.39. The van der Waals surface area contributed by atoms with Crippen molar-refractivity contribution < 1.29 is 19.4 Å². The van der Waals surface area contributed by atoms with Gasteiger partial charge in [0.05, 0.1) is 13.2 Å². The Kier molecular flexibility index (Phi) is 3.05. The minimum Gasteiger partial charge on any atom is -0.464 e. The van der Waals surface area contributed by atoms with E-state index in [0.29, 0.717) is 26.1 Å². The molecule has 1 heterocycles. The van der Waals surface area contributed by atoms with E-state index in [1.54, 1.807) is 6.92 Å². The summed E-state index contributed by atoms with van der Waals surface area (Å²) in [4.78, 5) is 11.2. The van der Waals surface area contributed by atoms with E-state index in [-0.39, 0.29) is 6.61 Å². The molecule has 0 unspecified atom stereocenters. The fourth-order valence-electron chi connectivity index (χ4n) is 1.21. The number of hydrogen-bond donors (Lipinski definition) is 1. The number of carbonyl (C=O) groups excluding carboxylic acids is 1. The third-order valence-electron chi connectivity index (χ3n) is 1.88. The van der Waals surface area contributed by atoms with Crippen LogP contribution in [0.3, 0.4) is 0 Å². The minimum absolute atomic E-state index is 0.0613. The second-order valence-electron chi connectivity index (χ2n) is 2.91. The van der Waals surface area contributed by atoms with Crippen LogP contribution in [-0.2, 0) is 14.3 Å². The molecule has 12 heavy (non-hydrogen) atoms. The molecular weight excluding hydrogens is 160 g/mol. The van der Waals surface area contributed by atoms with Crippen LogP contribution >= 0.6 is 0 Å². The zero-order valence-electron chi connectivity index (χ0n) is 7.21. The molecule has 0 bridgehead atoms. The van der Waals surface area contributed by atoms with Crippen molar-refractivity contribution in [2.45, 2.75) is 25.4 Å². The van der Waals surface area contributed by atoms with E-state index < -0.39 is 11.6 Å². The van der Waals surface area contributed by atoms with Crippen molar-refractivity contribution in [1.82, 2.24) is 0 Å². The van der Waals surface area contributed by atoms with Crippen molar-refractivity contribution in [1.29, 1.82) is 0 Å². The average molecular weight is 174 g/mol. The van der Waals surface area contributed by atoms with Crippen LogP contribution in [0, 0.1) is 0 Å². The highest BCUT2D eigenvalue weighted by molar-refractivity contribution is 5.79. The van der Waals surface area contributed by atoms with Gasteiger partial charge in [-0.3, -0.25) is 0 Å². The Bertz CT molecular complexity index is 160. The molecule has 0 aromatic carbocycles. The van der Waals surface area contributed by atoms with Gasteiger partial charge in [-0.05, 0) is 19.8 Å². The van der Waals surface area contributed by atoms with Crippen molar-refractivity contribution in [3.8, 4) is 0 Å². The number of rotatable bonds is 2. The first-order valence-corrected chi connectivity index (χ1v) is 4.16. The van der Waals surface area contributed by atoms with E-state index in [0.717, 1.165) is 0 Å². The summed E-state index contributed by atoms with van der Waals surface area (Å²) >= 11 is 0. The summed E-state index contributed by atoms with van der Waals surface area (Å²) < 4.78 is 9.72. The Morgan fingerprint density at radius 1 is 1.75 bits per heavy atom. The first-order chi connectivity index (χ1) is 5.69. The van der Waals surface area contributed by atoms with Crippen LogP contribution in [0.5, 0.6) is 0 Å². The van der Waals surface area contributed by atoms with Crippen LogP contribution < -0.4 is 0 Å². The summed E-state index contributed by atoms with van der Waals surface area (Å²) in [6.45, 7) is 2.68. The van der Waals surface area contributed by atoms with Crippen LogP contribution in [0.1, 0.15) is 19.8 Å². The van der Waals surface area contributed by atoms with Crippen LogP contribution in [-0.4, -0.2) is 36.5 Å². The maximum absolute atomic E-state index is 11.2. The predicted octanol–water partition coefficient (Wildman–Crippen LogP) is 0.0910. The number of ether oxygens (including phenoxy) is 2. The molecule has 0 aromatic rings. The Hall–Kier alpha value is -0.610. The zero-order valence-corrected chi connectivity index (χ0v) is 7.21. The van der Waals surface area contributed by atoms with Crippen LogP contribution in [0.25, 0.3) is 0 Å². The fourth-order valence-corrected chi connectivity index (χ4v) is 1.21. The molecule has 0 aromatic heterocycles. The largest absolute Gasteiger partial charge is 0.464 e. The SMILES string of the molecule is CCOC(=O)[C@]1(O)CCCOC1. The third-order valence-corrected chi connectivity index (χ3v) is 1.88. The summed E-state index contributed by atoms with van der Waals surface area (Å²) in [5.74, 6) is -0.565. The summed E-state index contributed by atoms with van der Waals surface area (Å²) in [6, 6.07) is 0. The Labute approximate surface area is 71.5 Å². The quantitative estimate of drug-likeness (QED) is 0.603. The molecule has 4 heteroatoms. The third kappa shape index (κ3) is 1.95. The predicted molar refractivity (Wildman–Crippen MR) is 41.6 cm³/mol. The van der Waals surface area contributed by atoms with Crippen molar-refractivity contribution in [3.05, 3.63) is 0 Å². The molecule has 0 radical (unpaired) electrons. The normalized spacial score (nSPS) is 29.8. The van der Waals surface area contributed by atoms with Gasteiger partial charge < -0.3 is 14.6 Å². The number of esters is 1. The lowest BCUT2D eigenvalue weighted by molar-refractivity contribution is -0.178. The highest BCUT2D eigenvalue weighted by atomic mass is 16.6.